The lowest BCUT2D eigenvalue weighted by atomic mass is 10.1. The van der Waals surface area contributed by atoms with E-state index in [1.165, 1.54) is 5.56 Å². The summed E-state index contributed by atoms with van der Waals surface area (Å²) in [6, 6.07) is 17.1. The first-order valence-corrected chi connectivity index (χ1v) is 10.5. The maximum Gasteiger partial charge on any atom is 0.242 e. The van der Waals surface area contributed by atoms with Gasteiger partial charge < -0.3 is 15.0 Å². The second kappa shape index (κ2) is 11.4. The van der Waals surface area contributed by atoms with Crippen molar-refractivity contribution in [2.75, 3.05) is 19.4 Å². The van der Waals surface area contributed by atoms with Crippen LogP contribution in [0.3, 0.4) is 0 Å². The third-order valence-corrected chi connectivity index (χ3v) is 5.36. The minimum absolute atomic E-state index is 0.0458. The molecule has 2 rings (SSSR count). The molecule has 0 heterocycles. The summed E-state index contributed by atoms with van der Waals surface area (Å²) in [7, 11) is 1.62. The summed E-state index contributed by atoms with van der Waals surface area (Å²) in [6.07, 6.45) is 0. The van der Waals surface area contributed by atoms with Crippen LogP contribution in [0.4, 0.5) is 0 Å². The fraction of sp³-hybridized carbons (Fsp3) is 0.364. The molecule has 0 aliphatic carbocycles. The highest BCUT2D eigenvalue weighted by molar-refractivity contribution is 7.99. The van der Waals surface area contributed by atoms with Crippen molar-refractivity contribution in [2.45, 2.75) is 32.2 Å². The number of rotatable bonds is 10. The summed E-state index contributed by atoms with van der Waals surface area (Å²) in [5, 5.41) is 2.81. The number of nitrogens with zero attached hydrogens (tertiary/aromatic N) is 1. The van der Waals surface area contributed by atoms with Crippen molar-refractivity contribution in [1.82, 2.24) is 10.2 Å². The molecule has 2 amide bonds. The molecule has 5 nitrogen and oxygen atoms in total. The molecule has 1 N–H and O–H groups in total. The van der Waals surface area contributed by atoms with Crippen LogP contribution in [0, 0.1) is 0 Å². The number of carbonyl (C=O) groups excluding carboxylic acids is 2. The molecule has 150 valence electrons. The number of hydrogen-bond acceptors (Lipinski definition) is 4. The van der Waals surface area contributed by atoms with Gasteiger partial charge in [0.05, 0.1) is 12.9 Å². The highest BCUT2D eigenvalue weighted by Gasteiger charge is 2.25. The topological polar surface area (TPSA) is 58.6 Å². The number of hydrogen-bond donors (Lipinski definition) is 1. The van der Waals surface area contributed by atoms with Crippen LogP contribution in [-0.4, -0.2) is 42.2 Å². The van der Waals surface area contributed by atoms with E-state index >= 15 is 0 Å². The summed E-state index contributed by atoms with van der Waals surface area (Å²) in [4.78, 5) is 26.9. The van der Waals surface area contributed by atoms with E-state index in [2.05, 4.69) is 5.32 Å². The normalized spacial score (nSPS) is 11.5. The monoisotopic (exact) mass is 400 g/mol. The van der Waals surface area contributed by atoms with Gasteiger partial charge in [0.2, 0.25) is 11.8 Å². The van der Waals surface area contributed by atoms with Crippen molar-refractivity contribution < 1.29 is 14.3 Å². The third kappa shape index (κ3) is 6.60. The van der Waals surface area contributed by atoms with Gasteiger partial charge in [-0.15, -0.1) is 11.8 Å². The first kappa shape index (κ1) is 21.8. The smallest absolute Gasteiger partial charge is 0.242 e. The molecule has 28 heavy (non-hydrogen) atoms. The lowest BCUT2D eigenvalue weighted by molar-refractivity contribution is -0.138. The SMILES string of the molecule is CCNC(=O)[C@@H](C)N(Cc1ccc(OC)cc1)C(=O)CSCc1ccccc1. The van der Waals surface area contributed by atoms with Crippen molar-refractivity contribution in [3.63, 3.8) is 0 Å². The van der Waals surface area contributed by atoms with E-state index in [-0.39, 0.29) is 11.8 Å². The summed E-state index contributed by atoms with van der Waals surface area (Å²) in [6.45, 7) is 4.56. The Balaban J connectivity index is 2.04. The molecule has 0 radical (unpaired) electrons. The van der Waals surface area contributed by atoms with E-state index in [1.54, 1.807) is 30.7 Å². The molecule has 1 atom stereocenters. The number of methoxy groups -OCH3 is 1. The van der Waals surface area contributed by atoms with E-state index in [4.69, 9.17) is 4.74 Å². The molecule has 0 unspecified atom stereocenters. The van der Waals surface area contributed by atoms with Gasteiger partial charge in [0.1, 0.15) is 11.8 Å². The van der Waals surface area contributed by atoms with Crippen molar-refractivity contribution in [3.05, 3.63) is 65.7 Å². The Morgan fingerprint density at radius 1 is 1.07 bits per heavy atom. The van der Waals surface area contributed by atoms with Crippen LogP contribution in [0.25, 0.3) is 0 Å². The zero-order valence-electron chi connectivity index (χ0n) is 16.7. The molecular weight excluding hydrogens is 372 g/mol. The average Bonchev–Trinajstić information content (AvgIpc) is 2.72. The van der Waals surface area contributed by atoms with Crippen LogP contribution in [0.2, 0.25) is 0 Å². The quantitative estimate of drug-likeness (QED) is 0.663. The number of thioether (sulfide) groups is 1. The lowest BCUT2D eigenvalue weighted by Crippen LogP contribution is -2.48. The van der Waals surface area contributed by atoms with Gasteiger partial charge in [-0.1, -0.05) is 42.5 Å². The van der Waals surface area contributed by atoms with Crippen molar-refractivity contribution in [1.29, 1.82) is 0 Å². The molecule has 0 aliphatic heterocycles. The molecule has 0 saturated carbocycles. The number of benzene rings is 2. The number of likely N-dealkylation sites (N-methyl/N-ethyl adjacent to an activating group) is 1. The minimum Gasteiger partial charge on any atom is -0.497 e. The van der Waals surface area contributed by atoms with Gasteiger partial charge in [0, 0.05) is 18.8 Å². The number of nitrogens with one attached hydrogen (secondary N) is 1. The van der Waals surface area contributed by atoms with Crippen LogP contribution in [0.15, 0.2) is 54.6 Å². The maximum atomic E-state index is 12.9. The van der Waals surface area contributed by atoms with Crippen LogP contribution >= 0.6 is 11.8 Å². The summed E-state index contributed by atoms with van der Waals surface area (Å²) < 4.78 is 5.19. The first-order chi connectivity index (χ1) is 13.5. The Hall–Kier alpha value is -2.47. The average molecular weight is 401 g/mol. The molecule has 0 spiro atoms. The lowest BCUT2D eigenvalue weighted by Gasteiger charge is -2.28. The Bertz CT molecular complexity index is 750. The van der Waals surface area contributed by atoms with Gasteiger partial charge in [-0.25, -0.2) is 0 Å². The van der Waals surface area contributed by atoms with Gasteiger partial charge >= 0.3 is 0 Å². The summed E-state index contributed by atoms with van der Waals surface area (Å²) >= 11 is 1.56. The second-order valence-electron chi connectivity index (χ2n) is 6.42. The Morgan fingerprint density at radius 2 is 1.75 bits per heavy atom. The maximum absolute atomic E-state index is 12.9. The van der Waals surface area contributed by atoms with Crippen LogP contribution < -0.4 is 10.1 Å². The van der Waals surface area contributed by atoms with Gasteiger partial charge in [-0.3, -0.25) is 9.59 Å². The fourth-order valence-electron chi connectivity index (χ4n) is 2.75. The standard InChI is InChI=1S/C22H28N2O3S/c1-4-23-22(26)17(2)24(14-18-10-12-20(27-3)13-11-18)21(25)16-28-15-19-8-6-5-7-9-19/h5-13,17H,4,14-16H2,1-3H3,(H,23,26)/t17-/m1/s1. The predicted molar refractivity (Wildman–Crippen MR) is 114 cm³/mol. The van der Waals surface area contributed by atoms with Gasteiger partial charge in [0.25, 0.3) is 0 Å². The van der Waals surface area contributed by atoms with E-state index in [0.29, 0.717) is 18.8 Å². The zero-order valence-corrected chi connectivity index (χ0v) is 17.5. The molecule has 2 aromatic rings. The molecule has 0 aliphatic rings. The molecule has 0 bridgehead atoms. The highest BCUT2D eigenvalue weighted by Crippen LogP contribution is 2.17. The van der Waals surface area contributed by atoms with E-state index in [9.17, 15) is 9.59 Å². The molecule has 6 heteroatoms. The van der Waals surface area contributed by atoms with Crippen LogP contribution in [0.1, 0.15) is 25.0 Å². The molecule has 0 saturated heterocycles. The Labute approximate surface area is 171 Å². The van der Waals surface area contributed by atoms with E-state index in [0.717, 1.165) is 17.1 Å². The van der Waals surface area contributed by atoms with E-state index in [1.807, 2.05) is 61.5 Å². The van der Waals surface area contributed by atoms with Gasteiger partial charge in [-0.05, 0) is 37.1 Å². The van der Waals surface area contributed by atoms with E-state index < -0.39 is 6.04 Å². The van der Waals surface area contributed by atoms with Gasteiger partial charge in [0.15, 0.2) is 0 Å². The number of amides is 2. The van der Waals surface area contributed by atoms with Crippen molar-refractivity contribution >= 4 is 23.6 Å². The van der Waals surface area contributed by atoms with Crippen molar-refractivity contribution in [2.24, 2.45) is 0 Å². The number of ether oxygens (including phenoxy) is 1. The largest absolute Gasteiger partial charge is 0.497 e. The summed E-state index contributed by atoms with van der Waals surface area (Å²) in [5.41, 5.74) is 2.14. The third-order valence-electron chi connectivity index (χ3n) is 4.37. The highest BCUT2D eigenvalue weighted by atomic mass is 32.2. The predicted octanol–water partition coefficient (Wildman–Crippen LogP) is 3.48. The molecule has 0 fully saturated rings. The molecular formula is C22H28N2O3S. The van der Waals surface area contributed by atoms with Crippen LogP contribution in [0.5, 0.6) is 5.75 Å². The molecule has 0 aromatic heterocycles. The van der Waals surface area contributed by atoms with Crippen molar-refractivity contribution in [3.8, 4) is 5.75 Å². The fourth-order valence-corrected chi connectivity index (χ4v) is 3.62. The Kier molecular flexibility index (Phi) is 8.88. The Morgan fingerprint density at radius 3 is 2.36 bits per heavy atom. The first-order valence-electron chi connectivity index (χ1n) is 9.37. The minimum atomic E-state index is -0.535. The second-order valence-corrected chi connectivity index (χ2v) is 7.40. The summed E-state index contributed by atoms with van der Waals surface area (Å²) in [5.74, 6) is 1.66. The molecule has 2 aromatic carbocycles. The zero-order chi connectivity index (χ0) is 20.4. The number of carbonyl (C=O) groups is 2. The van der Waals surface area contributed by atoms with Crippen LogP contribution in [-0.2, 0) is 21.9 Å². The van der Waals surface area contributed by atoms with Gasteiger partial charge in [-0.2, -0.15) is 0 Å².